The molecule has 0 unspecified atom stereocenters. The number of hydrogen-bond acceptors (Lipinski definition) is 6. The number of halogens is 1. The van der Waals surface area contributed by atoms with Gasteiger partial charge in [0.15, 0.2) is 0 Å². The highest BCUT2D eigenvalue weighted by molar-refractivity contribution is 6.32. The molecule has 0 bridgehead atoms. The number of nitrogens with zero attached hydrogens (tertiary/aromatic N) is 2. The van der Waals surface area contributed by atoms with Gasteiger partial charge in [-0.05, 0) is 36.2 Å². The Morgan fingerprint density at radius 3 is 2.78 bits per heavy atom. The molecule has 0 fully saturated rings. The third-order valence-corrected chi connectivity index (χ3v) is 5.69. The zero-order valence-corrected chi connectivity index (χ0v) is 18.6. The number of hydrogen-bond donors (Lipinski definition) is 2. The molecule has 0 amide bonds. The number of nitriles is 1. The lowest BCUT2D eigenvalue weighted by molar-refractivity contribution is 0.296. The van der Waals surface area contributed by atoms with Crippen molar-refractivity contribution >= 4 is 11.6 Å². The van der Waals surface area contributed by atoms with E-state index in [0.29, 0.717) is 28.0 Å². The van der Waals surface area contributed by atoms with Crippen molar-refractivity contribution in [1.82, 2.24) is 10.2 Å². The van der Waals surface area contributed by atoms with Gasteiger partial charge in [0.25, 0.3) is 0 Å². The molecule has 0 radical (unpaired) electrons. The predicted molar refractivity (Wildman–Crippen MR) is 121 cm³/mol. The van der Waals surface area contributed by atoms with Gasteiger partial charge < -0.3 is 19.9 Å². The smallest absolute Gasteiger partial charge is 0.244 e. The summed E-state index contributed by atoms with van der Waals surface area (Å²) in [6, 6.07) is 15.3. The normalized spacial score (nSPS) is 15.0. The van der Waals surface area contributed by atoms with Crippen LogP contribution in [0.25, 0.3) is 0 Å². The van der Waals surface area contributed by atoms with Crippen LogP contribution in [0.4, 0.5) is 0 Å². The van der Waals surface area contributed by atoms with Gasteiger partial charge in [0.2, 0.25) is 11.8 Å². The lowest BCUT2D eigenvalue weighted by Crippen LogP contribution is -2.21. The van der Waals surface area contributed by atoms with Crippen molar-refractivity contribution in [2.45, 2.75) is 32.3 Å². The third-order valence-electron chi connectivity index (χ3n) is 5.38. The number of allylic oxidation sites excluding steroid dienone is 1. The summed E-state index contributed by atoms with van der Waals surface area (Å²) >= 11 is 6.23. The number of benzene rings is 2. The number of nitrogens with two attached hydrogens (primary N) is 1. The van der Waals surface area contributed by atoms with Crippen LogP contribution < -0.4 is 19.9 Å². The maximum atomic E-state index is 9.87. The summed E-state index contributed by atoms with van der Waals surface area (Å²) in [4.78, 5) is 0. The first-order valence-corrected chi connectivity index (χ1v) is 10.6. The Kier molecular flexibility index (Phi) is 6.24. The topological polar surface area (TPSA) is 106 Å². The summed E-state index contributed by atoms with van der Waals surface area (Å²) in [6.45, 7) is 2.32. The Morgan fingerprint density at radius 2 is 2.06 bits per heavy atom. The Hall–Kier alpha value is -3.63. The van der Waals surface area contributed by atoms with Gasteiger partial charge in [-0.15, -0.1) is 5.10 Å². The van der Waals surface area contributed by atoms with Gasteiger partial charge in [0.1, 0.15) is 29.7 Å². The molecule has 4 rings (SSSR count). The zero-order chi connectivity index (χ0) is 22.7. The molecule has 0 saturated heterocycles. The molecule has 164 valence electrons. The number of fused-ring (bicyclic) bond motifs is 1. The summed E-state index contributed by atoms with van der Waals surface area (Å²) in [5, 5.41) is 17.7. The van der Waals surface area contributed by atoms with Crippen molar-refractivity contribution in [3.8, 4) is 23.4 Å². The monoisotopic (exact) mass is 450 g/mol. The van der Waals surface area contributed by atoms with Crippen molar-refractivity contribution in [2.75, 3.05) is 7.11 Å². The maximum Gasteiger partial charge on any atom is 0.244 e. The fourth-order valence-corrected chi connectivity index (χ4v) is 4.08. The number of aromatic amines is 1. The molecule has 2 heterocycles. The van der Waals surface area contributed by atoms with Crippen molar-refractivity contribution in [3.63, 3.8) is 0 Å². The van der Waals surface area contributed by atoms with Crippen LogP contribution in [0.1, 0.15) is 41.6 Å². The first-order chi connectivity index (χ1) is 15.6. The van der Waals surface area contributed by atoms with Gasteiger partial charge in [-0.1, -0.05) is 43.1 Å². The van der Waals surface area contributed by atoms with E-state index in [0.717, 1.165) is 35.2 Å². The predicted octanol–water partition coefficient (Wildman–Crippen LogP) is 4.82. The molecular weight excluding hydrogens is 428 g/mol. The number of methoxy groups -OCH3 is 1. The molecule has 1 aromatic heterocycles. The van der Waals surface area contributed by atoms with E-state index in [-0.39, 0.29) is 12.5 Å². The number of ether oxygens (including phenoxy) is 3. The van der Waals surface area contributed by atoms with Crippen molar-refractivity contribution in [1.29, 1.82) is 5.26 Å². The average Bonchev–Trinajstić information content (AvgIpc) is 3.19. The van der Waals surface area contributed by atoms with Crippen molar-refractivity contribution in [3.05, 3.63) is 81.3 Å². The highest BCUT2D eigenvalue weighted by Gasteiger charge is 2.35. The maximum absolute atomic E-state index is 9.87. The minimum Gasteiger partial charge on any atom is -0.496 e. The van der Waals surface area contributed by atoms with Crippen LogP contribution in [-0.4, -0.2) is 17.3 Å². The fraction of sp³-hybridized carbons (Fsp3) is 0.250. The Bertz CT molecular complexity index is 1210. The third kappa shape index (κ3) is 3.97. The van der Waals surface area contributed by atoms with Crippen LogP contribution in [0.15, 0.2) is 53.9 Å². The molecule has 32 heavy (non-hydrogen) atoms. The van der Waals surface area contributed by atoms with E-state index in [1.54, 1.807) is 13.2 Å². The minimum absolute atomic E-state index is 0.0595. The fourth-order valence-electron chi connectivity index (χ4n) is 3.89. The first-order valence-electron chi connectivity index (χ1n) is 10.3. The minimum atomic E-state index is -0.408. The molecule has 8 heteroatoms. The second-order valence-corrected chi connectivity index (χ2v) is 7.79. The molecule has 2 aromatic carbocycles. The van der Waals surface area contributed by atoms with E-state index < -0.39 is 5.92 Å². The largest absolute Gasteiger partial charge is 0.496 e. The first kappa shape index (κ1) is 21.6. The molecule has 3 aromatic rings. The van der Waals surface area contributed by atoms with Crippen LogP contribution in [0.2, 0.25) is 5.02 Å². The van der Waals surface area contributed by atoms with E-state index in [4.69, 9.17) is 31.5 Å². The van der Waals surface area contributed by atoms with Gasteiger partial charge in [-0.25, -0.2) is 0 Å². The molecule has 1 aliphatic heterocycles. The van der Waals surface area contributed by atoms with Gasteiger partial charge in [0, 0.05) is 16.8 Å². The average molecular weight is 451 g/mol. The van der Waals surface area contributed by atoms with Gasteiger partial charge in [0.05, 0.1) is 18.1 Å². The Labute approximate surface area is 191 Å². The molecule has 0 aliphatic carbocycles. The molecule has 7 nitrogen and oxygen atoms in total. The molecule has 1 aliphatic rings. The van der Waals surface area contributed by atoms with Gasteiger partial charge in [-0.2, -0.15) is 5.26 Å². The standard InChI is InChI=1S/C24H23ClN4O3/c1-3-6-18-22-21(16(12-26)23(27)32-24(22)29-28-18)14-9-10-19(30-2)15(11-14)13-31-20-8-5-4-7-17(20)25/h4-5,7-11,21H,3,6,13,27H2,1-2H3,(H,28,29)/t21-/m0/s1. The quantitative estimate of drug-likeness (QED) is 0.534. The number of nitrogens with one attached hydrogen (secondary N) is 1. The summed E-state index contributed by atoms with van der Waals surface area (Å²) in [7, 11) is 1.61. The van der Waals surface area contributed by atoms with Crippen molar-refractivity contribution < 1.29 is 14.2 Å². The molecule has 0 spiro atoms. The number of aromatic nitrogens is 2. The summed E-state index contributed by atoms with van der Waals surface area (Å²) in [6.07, 6.45) is 1.70. The van der Waals surface area contributed by atoms with Crippen LogP contribution in [-0.2, 0) is 13.0 Å². The highest BCUT2D eigenvalue weighted by Crippen LogP contribution is 2.44. The molecule has 0 saturated carbocycles. The number of H-pyrrole nitrogens is 1. The SMILES string of the molecule is CCCc1[nH]nc2c1[C@@H](c1ccc(OC)c(COc3ccccc3Cl)c1)C(C#N)=C(N)O2. The lowest BCUT2D eigenvalue weighted by atomic mass is 9.83. The lowest BCUT2D eigenvalue weighted by Gasteiger charge is -2.25. The van der Waals surface area contributed by atoms with Gasteiger partial charge >= 0.3 is 0 Å². The Morgan fingerprint density at radius 1 is 1.25 bits per heavy atom. The molecule has 3 N–H and O–H groups in total. The molecule has 1 atom stereocenters. The number of para-hydroxylation sites is 1. The summed E-state index contributed by atoms with van der Waals surface area (Å²) in [5.74, 6) is 1.30. The number of aryl methyl sites for hydroxylation is 1. The van der Waals surface area contributed by atoms with E-state index in [9.17, 15) is 5.26 Å². The van der Waals surface area contributed by atoms with E-state index >= 15 is 0 Å². The van der Waals surface area contributed by atoms with E-state index in [1.165, 1.54) is 0 Å². The Balaban J connectivity index is 1.76. The second kappa shape index (κ2) is 9.25. The van der Waals surface area contributed by atoms with Crippen LogP contribution in [0, 0.1) is 11.3 Å². The highest BCUT2D eigenvalue weighted by atomic mass is 35.5. The van der Waals surface area contributed by atoms with Crippen LogP contribution in [0.3, 0.4) is 0 Å². The second-order valence-electron chi connectivity index (χ2n) is 7.39. The van der Waals surface area contributed by atoms with Gasteiger partial charge in [-0.3, -0.25) is 5.10 Å². The van der Waals surface area contributed by atoms with E-state index in [2.05, 4.69) is 23.2 Å². The van der Waals surface area contributed by atoms with Crippen LogP contribution in [0.5, 0.6) is 17.4 Å². The number of rotatable bonds is 7. The molecular formula is C24H23ClN4O3. The summed E-state index contributed by atoms with van der Waals surface area (Å²) in [5.41, 5.74) is 9.87. The zero-order valence-electron chi connectivity index (χ0n) is 17.8. The van der Waals surface area contributed by atoms with E-state index in [1.807, 2.05) is 36.4 Å². The summed E-state index contributed by atoms with van der Waals surface area (Å²) < 4.78 is 17.1. The van der Waals surface area contributed by atoms with Crippen LogP contribution >= 0.6 is 11.6 Å². The van der Waals surface area contributed by atoms with Crippen molar-refractivity contribution in [2.24, 2.45) is 5.73 Å².